The second kappa shape index (κ2) is 2.14. The molecule has 1 heterocycles. The molecule has 1 rings (SSSR count). The quantitative estimate of drug-likeness (QED) is 0.477. The SMILES string of the molecule is CC1=C[AsH][As]=C1. The van der Waals surface area contributed by atoms with Gasteiger partial charge < -0.3 is 0 Å². The van der Waals surface area contributed by atoms with Gasteiger partial charge in [-0.1, -0.05) is 0 Å². The van der Waals surface area contributed by atoms with E-state index in [1.807, 2.05) is 0 Å². The Labute approximate surface area is 49.2 Å². The standard InChI is InChI=1S/C4H6As2/c1-4-2-5-6-3-4/h2-3,5H,1H3. The summed E-state index contributed by atoms with van der Waals surface area (Å²) < 4.78 is 0. The number of rotatable bonds is 0. The van der Waals surface area contributed by atoms with Crippen LogP contribution >= 0.6 is 0 Å². The first-order valence-electron chi connectivity index (χ1n) is 1.85. The van der Waals surface area contributed by atoms with Crippen LogP contribution in [0.15, 0.2) is 10.4 Å². The van der Waals surface area contributed by atoms with Gasteiger partial charge in [-0.15, -0.1) is 0 Å². The molecule has 6 heavy (non-hydrogen) atoms. The molecule has 0 nitrogen and oxygen atoms in total. The van der Waals surface area contributed by atoms with E-state index in [0.717, 1.165) is 13.2 Å². The van der Waals surface area contributed by atoms with E-state index in [1.165, 1.54) is 0 Å². The fourth-order valence-electron chi connectivity index (χ4n) is 0.315. The third-order valence-electron chi connectivity index (χ3n) is 0.635. The van der Waals surface area contributed by atoms with Crippen LogP contribution in [0.2, 0.25) is 0 Å². The van der Waals surface area contributed by atoms with Crippen molar-refractivity contribution in [2.24, 2.45) is 0 Å². The molecule has 0 amide bonds. The molecule has 0 N–H and O–H groups in total. The van der Waals surface area contributed by atoms with Crippen molar-refractivity contribution in [3.05, 3.63) is 10.4 Å². The zero-order valence-corrected chi connectivity index (χ0v) is 7.58. The summed E-state index contributed by atoms with van der Waals surface area (Å²) in [5.74, 6) is 0. The zero-order chi connectivity index (χ0) is 4.41. The number of hydrogen-bond acceptors (Lipinski definition) is 0. The van der Waals surface area contributed by atoms with Crippen molar-refractivity contribution in [2.75, 3.05) is 0 Å². The molecule has 2 heteroatoms. The van der Waals surface area contributed by atoms with Crippen LogP contribution in [-0.4, -0.2) is 31.7 Å². The fraction of sp³-hybridized carbons (Fsp3) is 0.250. The van der Waals surface area contributed by atoms with Crippen molar-refractivity contribution < 1.29 is 0 Å². The van der Waals surface area contributed by atoms with Crippen molar-refractivity contribution in [3.63, 3.8) is 0 Å². The van der Waals surface area contributed by atoms with Crippen molar-refractivity contribution >= 4 is 31.7 Å². The molecule has 0 saturated heterocycles. The molecule has 1 aliphatic rings. The van der Waals surface area contributed by atoms with Crippen LogP contribution < -0.4 is 0 Å². The van der Waals surface area contributed by atoms with Gasteiger partial charge in [-0.05, 0) is 0 Å². The van der Waals surface area contributed by atoms with Gasteiger partial charge in [-0.3, -0.25) is 0 Å². The van der Waals surface area contributed by atoms with Gasteiger partial charge in [0.05, 0.1) is 0 Å². The zero-order valence-electron chi connectivity index (χ0n) is 3.60. The molecule has 0 aliphatic carbocycles. The number of allylic oxidation sites excluding steroid dienone is 1. The van der Waals surface area contributed by atoms with Crippen molar-refractivity contribution in [1.82, 2.24) is 0 Å². The molecular weight excluding hydrogens is 198 g/mol. The van der Waals surface area contributed by atoms with Gasteiger partial charge >= 0.3 is 49.1 Å². The van der Waals surface area contributed by atoms with E-state index in [9.17, 15) is 0 Å². The molecule has 0 spiro atoms. The Bertz CT molecular complexity index is 99.4. The third kappa shape index (κ3) is 1.10. The summed E-state index contributed by atoms with van der Waals surface area (Å²) in [6, 6.07) is 0. The molecule has 32 valence electrons. The molecule has 0 saturated carbocycles. The minimum atomic E-state index is 0.471. The Kier molecular flexibility index (Phi) is 1.74. The Morgan fingerprint density at radius 3 is 2.83 bits per heavy atom. The predicted molar refractivity (Wildman–Crippen MR) is 32.7 cm³/mol. The number of hydrogen-bond donors (Lipinski definition) is 0. The average molecular weight is 204 g/mol. The summed E-state index contributed by atoms with van der Waals surface area (Å²) in [6.07, 6.45) is 0. The molecule has 1 atom stereocenters. The minimum absolute atomic E-state index is 0.471. The maximum atomic E-state index is 2.43. The molecule has 1 aliphatic heterocycles. The second-order valence-electron chi connectivity index (χ2n) is 1.28. The van der Waals surface area contributed by atoms with Gasteiger partial charge in [0, 0.05) is 0 Å². The summed E-state index contributed by atoms with van der Waals surface area (Å²) in [5.41, 5.74) is 1.55. The molecule has 0 bridgehead atoms. The van der Waals surface area contributed by atoms with Crippen LogP contribution in [0, 0.1) is 0 Å². The van der Waals surface area contributed by atoms with Gasteiger partial charge in [-0.25, -0.2) is 0 Å². The van der Waals surface area contributed by atoms with Gasteiger partial charge in [0.25, 0.3) is 0 Å². The topological polar surface area (TPSA) is 0 Å². The van der Waals surface area contributed by atoms with Gasteiger partial charge in [0.15, 0.2) is 0 Å². The molecule has 0 fully saturated rings. The maximum absolute atomic E-state index is 2.43. The van der Waals surface area contributed by atoms with Crippen LogP contribution in [0.1, 0.15) is 6.92 Å². The van der Waals surface area contributed by atoms with Crippen LogP contribution in [0.5, 0.6) is 0 Å². The first kappa shape index (κ1) is 4.88. The molecule has 0 aromatic rings. The average Bonchev–Trinajstić information content (AvgIpc) is 1.86. The van der Waals surface area contributed by atoms with Gasteiger partial charge in [0.2, 0.25) is 0 Å². The second-order valence-corrected chi connectivity index (χ2v) is 9.14. The summed E-state index contributed by atoms with van der Waals surface area (Å²) >= 11 is 1.20. The van der Waals surface area contributed by atoms with Crippen LogP contribution in [0.25, 0.3) is 0 Å². The van der Waals surface area contributed by atoms with E-state index in [0.29, 0.717) is 13.7 Å². The van der Waals surface area contributed by atoms with Crippen LogP contribution in [-0.2, 0) is 0 Å². The molecule has 1 unspecified atom stereocenters. The summed E-state index contributed by atoms with van der Waals surface area (Å²) in [7, 11) is 0. The van der Waals surface area contributed by atoms with Crippen LogP contribution in [0.3, 0.4) is 0 Å². The van der Waals surface area contributed by atoms with E-state index in [2.05, 4.69) is 16.6 Å². The Balaban J connectivity index is 2.68. The van der Waals surface area contributed by atoms with E-state index in [1.54, 1.807) is 5.57 Å². The molecule has 0 aromatic heterocycles. The Morgan fingerprint density at radius 1 is 1.83 bits per heavy atom. The van der Waals surface area contributed by atoms with Gasteiger partial charge in [0.1, 0.15) is 0 Å². The first-order valence-corrected chi connectivity index (χ1v) is 9.96. The van der Waals surface area contributed by atoms with E-state index >= 15 is 0 Å². The van der Waals surface area contributed by atoms with Crippen LogP contribution in [0.4, 0.5) is 0 Å². The third-order valence-corrected chi connectivity index (χ3v) is 7.74. The Hall–Kier alpha value is 0.727. The molecular formula is C4H6As2. The predicted octanol–water partition coefficient (Wildman–Crippen LogP) is -0.238. The van der Waals surface area contributed by atoms with Crippen molar-refractivity contribution in [3.8, 4) is 0 Å². The van der Waals surface area contributed by atoms with E-state index in [4.69, 9.17) is 0 Å². The fourth-order valence-corrected chi connectivity index (χ4v) is 8.52. The van der Waals surface area contributed by atoms with Crippen molar-refractivity contribution in [1.29, 1.82) is 0 Å². The van der Waals surface area contributed by atoms with E-state index < -0.39 is 0 Å². The van der Waals surface area contributed by atoms with E-state index in [-0.39, 0.29) is 0 Å². The molecule has 0 aromatic carbocycles. The summed E-state index contributed by atoms with van der Waals surface area (Å²) in [5, 5.41) is 0. The summed E-state index contributed by atoms with van der Waals surface area (Å²) in [6.45, 7) is 2.20. The summed E-state index contributed by atoms with van der Waals surface area (Å²) in [4.78, 5) is 4.84. The first-order chi connectivity index (χ1) is 2.89. The normalized spacial score (nSPS) is 25.2. The Morgan fingerprint density at radius 2 is 2.67 bits per heavy atom. The monoisotopic (exact) mass is 204 g/mol. The van der Waals surface area contributed by atoms with Gasteiger partial charge in [-0.2, -0.15) is 0 Å². The molecule has 0 radical (unpaired) electrons. The van der Waals surface area contributed by atoms with Crippen molar-refractivity contribution in [2.45, 2.75) is 6.92 Å².